The summed E-state index contributed by atoms with van der Waals surface area (Å²) in [6.07, 6.45) is 5.11. The number of aryl methyl sites for hydroxylation is 1. The van der Waals surface area contributed by atoms with E-state index < -0.39 is 0 Å². The number of carbonyl (C=O) groups is 1. The zero-order valence-electron chi connectivity index (χ0n) is 11.3. The molecule has 0 aliphatic heterocycles. The summed E-state index contributed by atoms with van der Waals surface area (Å²) in [7, 11) is 0. The van der Waals surface area contributed by atoms with Crippen molar-refractivity contribution in [3.05, 3.63) is 23.4 Å². The molecule has 0 aliphatic rings. The molecule has 0 spiro atoms. The van der Waals surface area contributed by atoms with Crippen LogP contribution in [0.3, 0.4) is 0 Å². The van der Waals surface area contributed by atoms with Crippen molar-refractivity contribution in [1.82, 2.24) is 4.98 Å². The maximum atomic E-state index is 12.1. The van der Waals surface area contributed by atoms with Gasteiger partial charge in [-0.1, -0.05) is 13.3 Å². The molecule has 0 saturated carbocycles. The largest absolute Gasteiger partial charge is 0.383 e. The van der Waals surface area contributed by atoms with E-state index in [0.717, 1.165) is 24.8 Å². The second-order valence-corrected chi connectivity index (χ2v) is 4.76. The minimum Gasteiger partial charge on any atom is -0.383 e. The molecule has 0 saturated heterocycles. The highest BCUT2D eigenvalue weighted by Crippen LogP contribution is 2.19. The van der Waals surface area contributed by atoms with Crippen molar-refractivity contribution in [2.75, 3.05) is 12.3 Å². The lowest BCUT2D eigenvalue weighted by Gasteiger charge is -2.13. The van der Waals surface area contributed by atoms with Crippen molar-refractivity contribution in [2.45, 2.75) is 39.5 Å². The Balaban J connectivity index is 2.62. The molecule has 0 aliphatic carbocycles. The Kier molecular flexibility index (Phi) is 5.78. The van der Waals surface area contributed by atoms with Gasteiger partial charge >= 0.3 is 0 Å². The van der Waals surface area contributed by atoms with Gasteiger partial charge in [-0.15, -0.1) is 0 Å². The first kappa shape index (κ1) is 14.6. The highest BCUT2D eigenvalue weighted by molar-refractivity contribution is 6.00. The fourth-order valence-electron chi connectivity index (χ4n) is 2.06. The van der Waals surface area contributed by atoms with Crippen LogP contribution in [0.25, 0.3) is 0 Å². The highest BCUT2D eigenvalue weighted by Gasteiger charge is 2.13. The number of hydrogen-bond donors (Lipinski definition) is 2. The highest BCUT2D eigenvalue weighted by atomic mass is 16.1. The Morgan fingerprint density at radius 2 is 2.17 bits per heavy atom. The van der Waals surface area contributed by atoms with Gasteiger partial charge in [0.1, 0.15) is 5.82 Å². The maximum Gasteiger partial charge on any atom is 0.166 e. The molecule has 4 heteroatoms. The van der Waals surface area contributed by atoms with Gasteiger partial charge in [-0.2, -0.15) is 0 Å². The molecule has 0 amide bonds. The van der Waals surface area contributed by atoms with E-state index in [1.165, 1.54) is 0 Å². The molecule has 1 unspecified atom stereocenters. The Labute approximate surface area is 109 Å². The molecule has 0 bridgehead atoms. The Morgan fingerprint density at radius 1 is 1.44 bits per heavy atom. The van der Waals surface area contributed by atoms with Crippen LogP contribution in [-0.4, -0.2) is 17.3 Å². The number of Topliss-reactive ketones (excluding diaryl/α,β-unsaturated/α-hetero) is 1. The number of pyridine rings is 1. The normalized spacial score (nSPS) is 12.4. The van der Waals surface area contributed by atoms with Gasteiger partial charge in [0.2, 0.25) is 0 Å². The summed E-state index contributed by atoms with van der Waals surface area (Å²) in [5, 5.41) is 0. The predicted molar refractivity (Wildman–Crippen MR) is 74.4 cm³/mol. The summed E-state index contributed by atoms with van der Waals surface area (Å²) < 4.78 is 0. The van der Waals surface area contributed by atoms with E-state index in [9.17, 15) is 4.79 Å². The fourth-order valence-corrected chi connectivity index (χ4v) is 2.06. The van der Waals surface area contributed by atoms with Crippen molar-refractivity contribution in [2.24, 2.45) is 11.7 Å². The topological polar surface area (TPSA) is 82.0 Å². The van der Waals surface area contributed by atoms with E-state index in [2.05, 4.69) is 11.9 Å². The van der Waals surface area contributed by atoms with Crippen LogP contribution in [0.1, 0.15) is 48.5 Å². The number of carbonyl (C=O) groups excluding carboxylic acids is 1. The first-order chi connectivity index (χ1) is 8.58. The molecule has 1 rings (SSSR count). The summed E-state index contributed by atoms with van der Waals surface area (Å²) in [6.45, 7) is 4.72. The molecule has 1 aromatic rings. The van der Waals surface area contributed by atoms with E-state index in [4.69, 9.17) is 11.5 Å². The molecule has 1 heterocycles. The molecule has 0 radical (unpaired) electrons. The standard InChI is InChI=1S/C14H23N3O/c1-3-11(6-7-15)4-5-13(18)12-8-10(2)9-17-14(12)16/h8-9,11H,3-7,15H2,1-2H3,(H2,16,17). The first-order valence-electron chi connectivity index (χ1n) is 6.53. The molecule has 18 heavy (non-hydrogen) atoms. The van der Waals surface area contributed by atoms with Gasteiger partial charge in [0.05, 0.1) is 5.56 Å². The number of hydrogen-bond acceptors (Lipinski definition) is 4. The fraction of sp³-hybridized carbons (Fsp3) is 0.571. The van der Waals surface area contributed by atoms with Crippen LogP contribution < -0.4 is 11.5 Å². The zero-order chi connectivity index (χ0) is 13.5. The number of nitrogens with two attached hydrogens (primary N) is 2. The van der Waals surface area contributed by atoms with Crippen molar-refractivity contribution < 1.29 is 4.79 Å². The van der Waals surface area contributed by atoms with Crippen LogP contribution in [-0.2, 0) is 0 Å². The van der Waals surface area contributed by atoms with Crippen LogP contribution in [0.15, 0.2) is 12.3 Å². The molecular weight excluding hydrogens is 226 g/mol. The van der Waals surface area contributed by atoms with E-state index in [0.29, 0.717) is 30.3 Å². The smallest absolute Gasteiger partial charge is 0.166 e. The minimum atomic E-state index is 0.0826. The Bertz CT molecular complexity index is 404. The summed E-state index contributed by atoms with van der Waals surface area (Å²) in [5.74, 6) is 0.939. The van der Waals surface area contributed by atoms with Gasteiger partial charge in [-0.3, -0.25) is 4.79 Å². The van der Waals surface area contributed by atoms with Crippen molar-refractivity contribution >= 4 is 11.6 Å². The molecule has 1 atom stereocenters. The van der Waals surface area contributed by atoms with Crippen molar-refractivity contribution in [1.29, 1.82) is 0 Å². The zero-order valence-corrected chi connectivity index (χ0v) is 11.3. The molecular formula is C14H23N3O. The lowest BCUT2D eigenvalue weighted by Crippen LogP contribution is -2.11. The van der Waals surface area contributed by atoms with Gasteiger partial charge in [0.25, 0.3) is 0 Å². The second-order valence-electron chi connectivity index (χ2n) is 4.76. The summed E-state index contributed by atoms with van der Waals surface area (Å²) in [6, 6.07) is 1.81. The van der Waals surface area contributed by atoms with E-state index in [1.54, 1.807) is 6.20 Å². The average molecular weight is 249 g/mol. The molecule has 100 valence electrons. The third-order valence-corrected chi connectivity index (χ3v) is 3.29. The van der Waals surface area contributed by atoms with Gasteiger partial charge < -0.3 is 11.5 Å². The summed E-state index contributed by atoms with van der Waals surface area (Å²) >= 11 is 0. The number of nitrogen functional groups attached to an aromatic ring is 1. The number of rotatable bonds is 7. The van der Waals surface area contributed by atoms with Crippen LogP contribution in [0.4, 0.5) is 5.82 Å². The lowest BCUT2D eigenvalue weighted by atomic mass is 9.94. The Morgan fingerprint density at radius 3 is 2.78 bits per heavy atom. The Hall–Kier alpha value is -1.42. The van der Waals surface area contributed by atoms with Crippen LogP contribution in [0, 0.1) is 12.8 Å². The SMILES string of the molecule is CCC(CCN)CCC(=O)c1cc(C)cnc1N. The predicted octanol–water partition coefficient (Wildman–Crippen LogP) is 2.31. The molecule has 4 nitrogen and oxygen atoms in total. The van der Waals surface area contributed by atoms with E-state index >= 15 is 0 Å². The average Bonchev–Trinajstić information content (AvgIpc) is 2.37. The maximum absolute atomic E-state index is 12.1. The molecule has 4 N–H and O–H groups in total. The number of aromatic nitrogens is 1. The third kappa shape index (κ3) is 4.11. The van der Waals surface area contributed by atoms with Crippen LogP contribution in [0.2, 0.25) is 0 Å². The second kappa shape index (κ2) is 7.11. The van der Waals surface area contributed by atoms with Gasteiger partial charge in [-0.05, 0) is 43.9 Å². The van der Waals surface area contributed by atoms with Crippen molar-refractivity contribution in [3.63, 3.8) is 0 Å². The molecule has 0 fully saturated rings. The summed E-state index contributed by atoms with van der Waals surface area (Å²) in [5.41, 5.74) is 12.8. The van der Waals surface area contributed by atoms with E-state index in [1.807, 2.05) is 13.0 Å². The number of ketones is 1. The van der Waals surface area contributed by atoms with Crippen LogP contribution in [0.5, 0.6) is 0 Å². The molecule has 0 aromatic carbocycles. The van der Waals surface area contributed by atoms with Gasteiger partial charge in [-0.25, -0.2) is 4.98 Å². The van der Waals surface area contributed by atoms with Gasteiger partial charge in [0, 0.05) is 12.6 Å². The number of anilines is 1. The molecule has 1 aromatic heterocycles. The summed E-state index contributed by atoms with van der Waals surface area (Å²) in [4.78, 5) is 16.1. The van der Waals surface area contributed by atoms with Gasteiger partial charge in [0.15, 0.2) is 5.78 Å². The van der Waals surface area contributed by atoms with Crippen LogP contribution >= 0.6 is 0 Å². The van der Waals surface area contributed by atoms with E-state index in [-0.39, 0.29) is 5.78 Å². The third-order valence-electron chi connectivity index (χ3n) is 3.29. The minimum absolute atomic E-state index is 0.0826. The monoisotopic (exact) mass is 249 g/mol. The first-order valence-corrected chi connectivity index (χ1v) is 6.53. The van der Waals surface area contributed by atoms with Crippen molar-refractivity contribution in [3.8, 4) is 0 Å². The number of nitrogens with zero attached hydrogens (tertiary/aromatic N) is 1. The lowest BCUT2D eigenvalue weighted by molar-refractivity contribution is 0.0973. The quantitative estimate of drug-likeness (QED) is 0.726.